The zero-order chi connectivity index (χ0) is 13.1. The summed E-state index contributed by atoms with van der Waals surface area (Å²) in [5, 5.41) is 6.09. The van der Waals surface area contributed by atoms with Crippen LogP contribution in [0.15, 0.2) is 18.2 Å². The summed E-state index contributed by atoms with van der Waals surface area (Å²) < 4.78 is 0. The number of urea groups is 1. The molecular weight excluding hydrogens is 226 g/mol. The number of benzene rings is 1. The zero-order valence-electron chi connectivity index (χ0n) is 11.3. The van der Waals surface area contributed by atoms with Crippen LogP contribution in [-0.4, -0.2) is 25.7 Å². The highest BCUT2D eigenvalue weighted by Crippen LogP contribution is 2.29. The van der Waals surface area contributed by atoms with E-state index in [4.69, 9.17) is 0 Å². The lowest BCUT2D eigenvalue weighted by molar-refractivity contribution is 0.243. The van der Waals surface area contributed by atoms with Crippen LogP contribution in [0.1, 0.15) is 25.8 Å². The van der Waals surface area contributed by atoms with Gasteiger partial charge in [-0.15, -0.1) is 0 Å². The molecule has 1 heterocycles. The van der Waals surface area contributed by atoms with Crippen LogP contribution in [0.2, 0.25) is 0 Å². The number of aryl methyl sites for hydroxylation is 1. The van der Waals surface area contributed by atoms with Crippen LogP contribution < -0.4 is 15.5 Å². The van der Waals surface area contributed by atoms with Gasteiger partial charge in [0, 0.05) is 31.0 Å². The van der Waals surface area contributed by atoms with E-state index in [0.29, 0.717) is 0 Å². The molecule has 18 heavy (non-hydrogen) atoms. The molecule has 0 bridgehead atoms. The minimum absolute atomic E-state index is 0.00292. The SMILES string of the molecule is CNc1ccc2c(c1)CCCN2C(=O)NC(C)C. The second-order valence-corrected chi connectivity index (χ2v) is 4.95. The lowest BCUT2D eigenvalue weighted by Crippen LogP contribution is -2.45. The van der Waals surface area contributed by atoms with Crippen molar-refractivity contribution in [2.45, 2.75) is 32.7 Å². The average Bonchev–Trinajstić information content (AvgIpc) is 2.36. The van der Waals surface area contributed by atoms with E-state index in [1.807, 2.05) is 37.9 Å². The molecule has 1 aromatic rings. The Bertz CT molecular complexity index is 443. The molecule has 0 aliphatic carbocycles. The van der Waals surface area contributed by atoms with Crippen LogP contribution in [0, 0.1) is 0 Å². The van der Waals surface area contributed by atoms with Crippen LogP contribution in [-0.2, 0) is 6.42 Å². The van der Waals surface area contributed by atoms with E-state index in [9.17, 15) is 4.79 Å². The van der Waals surface area contributed by atoms with Gasteiger partial charge >= 0.3 is 6.03 Å². The van der Waals surface area contributed by atoms with Gasteiger partial charge in [0.1, 0.15) is 0 Å². The van der Waals surface area contributed by atoms with Crippen molar-refractivity contribution in [2.75, 3.05) is 23.8 Å². The van der Waals surface area contributed by atoms with Gasteiger partial charge in [0.25, 0.3) is 0 Å². The zero-order valence-corrected chi connectivity index (χ0v) is 11.3. The summed E-state index contributed by atoms with van der Waals surface area (Å²) in [6.07, 6.45) is 2.06. The van der Waals surface area contributed by atoms with Crippen molar-refractivity contribution in [3.8, 4) is 0 Å². The van der Waals surface area contributed by atoms with Gasteiger partial charge in [0.05, 0.1) is 0 Å². The van der Waals surface area contributed by atoms with Gasteiger partial charge in [-0.3, -0.25) is 4.90 Å². The number of hydrogen-bond acceptors (Lipinski definition) is 2. The summed E-state index contributed by atoms with van der Waals surface area (Å²) in [5.74, 6) is 0. The first-order valence-corrected chi connectivity index (χ1v) is 6.50. The second-order valence-electron chi connectivity index (χ2n) is 4.95. The molecule has 0 unspecified atom stereocenters. The summed E-state index contributed by atoms with van der Waals surface area (Å²) in [4.78, 5) is 14.0. The molecule has 0 saturated heterocycles. The molecule has 1 aliphatic heterocycles. The Balaban J connectivity index is 2.25. The number of amides is 2. The van der Waals surface area contributed by atoms with Crippen molar-refractivity contribution in [2.24, 2.45) is 0 Å². The van der Waals surface area contributed by atoms with Gasteiger partial charge in [-0.05, 0) is 50.5 Å². The Morgan fingerprint density at radius 3 is 2.83 bits per heavy atom. The predicted molar refractivity (Wildman–Crippen MR) is 75.3 cm³/mol. The number of hydrogen-bond donors (Lipinski definition) is 2. The van der Waals surface area contributed by atoms with Crippen LogP contribution in [0.4, 0.5) is 16.2 Å². The van der Waals surface area contributed by atoms with Crippen LogP contribution in [0.3, 0.4) is 0 Å². The molecular formula is C14H21N3O. The van der Waals surface area contributed by atoms with Crippen molar-refractivity contribution in [3.05, 3.63) is 23.8 Å². The number of nitrogens with one attached hydrogen (secondary N) is 2. The number of nitrogens with zero attached hydrogens (tertiary/aromatic N) is 1. The minimum atomic E-state index is 0.00292. The molecule has 0 saturated carbocycles. The van der Waals surface area contributed by atoms with Crippen LogP contribution >= 0.6 is 0 Å². The quantitative estimate of drug-likeness (QED) is 0.843. The third-order valence-electron chi connectivity index (χ3n) is 3.14. The fraction of sp³-hybridized carbons (Fsp3) is 0.500. The van der Waals surface area contributed by atoms with Gasteiger partial charge in [0.2, 0.25) is 0 Å². The Labute approximate surface area is 108 Å². The third-order valence-corrected chi connectivity index (χ3v) is 3.14. The van der Waals surface area contributed by atoms with Crippen molar-refractivity contribution >= 4 is 17.4 Å². The number of carbonyl (C=O) groups excluding carboxylic acids is 1. The smallest absolute Gasteiger partial charge is 0.322 e. The van der Waals surface area contributed by atoms with Crippen molar-refractivity contribution in [1.82, 2.24) is 5.32 Å². The Kier molecular flexibility index (Phi) is 3.75. The van der Waals surface area contributed by atoms with E-state index in [-0.39, 0.29) is 12.1 Å². The van der Waals surface area contributed by atoms with E-state index < -0.39 is 0 Å². The van der Waals surface area contributed by atoms with Gasteiger partial charge in [-0.25, -0.2) is 4.79 Å². The van der Waals surface area contributed by atoms with E-state index in [0.717, 1.165) is 30.8 Å². The number of rotatable bonds is 2. The highest BCUT2D eigenvalue weighted by Gasteiger charge is 2.22. The summed E-state index contributed by atoms with van der Waals surface area (Å²) in [7, 11) is 1.91. The van der Waals surface area contributed by atoms with E-state index >= 15 is 0 Å². The molecule has 0 aromatic heterocycles. The highest BCUT2D eigenvalue weighted by molar-refractivity contribution is 5.93. The number of anilines is 2. The Morgan fingerprint density at radius 2 is 2.17 bits per heavy atom. The molecule has 2 amide bonds. The lowest BCUT2D eigenvalue weighted by Gasteiger charge is -2.30. The van der Waals surface area contributed by atoms with Crippen molar-refractivity contribution in [3.63, 3.8) is 0 Å². The van der Waals surface area contributed by atoms with E-state index in [1.54, 1.807) is 0 Å². The molecule has 1 aliphatic rings. The van der Waals surface area contributed by atoms with Crippen molar-refractivity contribution < 1.29 is 4.79 Å². The first-order chi connectivity index (χ1) is 8.61. The molecule has 2 rings (SSSR count). The lowest BCUT2D eigenvalue weighted by atomic mass is 10.0. The summed E-state index contributed by atoms with van der Waals surface area (Å²) in [5.41, 5.74) is 3.38. The van der Waals surface area contributed by atoms with Gasteiger partial charge in [-0.1, -0.05) is 0 Å². The molecule has 2 N–H and O–H groups in total. The maximum atomic E-state index is 12.1. The first kappa shape index (κ1) is 12.7. The molecule has 1 aromatic carbocycles. The Morgan fingerprint density at radius 1 is 1.39 bits per heavy atom. The normalized spacial score (nSPS) is 14.3. The fourth-order valence-corrected chi connectivity index (χ4v) is 2.29. The van der Waals surface area contributed by atoms with Gasteiger partial charge in [0.15, 0.2) is 0 Å². The summed E-state index contributed by atoms with van der Waals surface area (Å²) in [6.45, 7) is 4.75. The molecule has 4 nitrogen and oxygen atoms in total. The van der Waals surface area contributed by atoms with E-state index in [1.165, 1.54) is 5.56 Å². The fourth-order valence-electron chi connectivity index (χ4n) is 2.29. The molecule has 0 radical (unpaired) electrons. The van der Waals surface area contributed by atoms with Gasteiger partial charge in [-0.2, -0.15) is 0 Å². The first-order valence-electron chi connectivity index (χ1n) is 6.50. The highest BCUT2D eigenvalue weighted by atomic mass is 16.2. The third kappa shape index (κ3) is 2.58. The number of carbonyl (C=O) groups is 1. The summed E-state index contributed by atoms with van der Waals surface area (Å²) in [6, 6.07) is 6.34. The molecule has 0 spiro atoms. The second kappa shape index (κ2) is 5.29. The minimum Gasteiger partial charge on any atom is -0.388 e. The molecule has 4 heteroatoms. The monoisotopic (exact) mass is 247 g/mol. The van der Waals surface area contributed by atoms with E-state index in [2.05, 4.69) is 16.7 Å². The Hall–Kier alpha value is -1.71. The maximum Gasteiger partial charge on any atom is 0.322 e. The standard InChI is InChI=1S/C14H21N3O/c1-10(2)16-14(18)17-8-4-5-11-9-12(15-3)6-7-13(11)17/h6-7,9-10,15H,4-5,8H2,1-3H3,(H,16,18). The predicted octanol–water partition coefficient (Wildman–Crippen LogP) is 2.60. The van der Waals surface area contributed by atoms with Crippen LogP contribution in [0.25, 0.3) is 0 Å². The molecule has 0 fully saturated rings. The average molecular weight is 247 g/mol. The van der Waals surface area contributed by atoms with Crippen molar-refractivity contribution in [1.29, 1.82) is 0 Å². The van der Waals surface area contributed by atoms with Gasteiger partial charge < -0.3 is 10.6 Å². The molecule has 0 atom stereocenters. The maximum absolute atomic E-state index is 12.1. The van der Waals surface area contributed by atoms with Crippen LogP contribution in [0.5, 0.6) is 0 Å². The largest absolute Gasteiger partial charge is 0.388 e. The molecule has 98 valence electrons. The number of fused-ring (bicyclic) bond motifs is 1. The summed E-state index contributed by atoms with van der Waals surface area (Å²) >= 11 is 0. The topological polar surface area (TPSA) is 44.4 Å².